The second kappa shape index (κ2) is 2.68. The maximum Gasteiger partial charge on any atom is 0.536 e. The third kappa shape index (κ3) is 1.26. The molecule has 0 saturated heterocycles. The van der Waals surface area contributed by atoms with E-state index in [1.54, 1.807) is 0 Å². The standard InChI is InChI=1S/C5H5BO4/c7-5(6(8)9)4-2-1-3-10-4/h1-3,8-9H. The van der Waals surface area contributed by atoms with Crippen LogP contribution in [0.3, 0.4) is 0 Å². The zero-order chi connectivity index (χ0) is 7.56. The average molecular weight is 140 g/mol. The van der Waals surface area contributed by atoms with Crippen LogP contribution in [0.1, 0.15) is 10.6 Å². The molecule has 4 nitrogen and oxygen atoms in total. The first-order valence-corrected chi connectivity index (χ1v) is 2.65. The molecule has 2 N–H and O–H groups in total. The van der Waals surface area contributed by atoms with E-state index in [4.69, 9.17) is 10.0 Å². The molecule has 5 heteroatoms. The van der Waals surface area contributed by atoms with Crippen LogP contribution in [0, 0.1) is 0 Å². The minimum Gasteiger partial charge on any atom is -0.462 e. The molecule has 0 bridgehead atoms. The van der Waals surface area contributed by atoms with Crippen LogP contribution < -0.4 is 0 Å². The fraction of sp³-hybridized carbons (Fsp3) is 0. The van der Waals surface area contributed by atoms with Crippen LogP contribution in [0.15, 0.2) is 22.8 Å². The average Bonchev–Trinajstić information content (AvgIpc) is 2.36. The molecule has 0 aliphatic rings. The molecule has 10 heavy (non-hydrogen) atoms. The van der Waals surface area contributed by atoms with Crippen LogP contribution in [0.4, 0.5) is 0 Å². The van der Waals surface area contributed by atoms with Gasteiger partial charge >= 0.3 is 7.12 Å². The molecule has 0 unspecified atom stereocenters. The highest BCUT2D eigenvalue weighted by Gasteiger charge is 2.23. The summed E-state index contributed by atoms with van der Waals surface area (Å²) in [7, 11) is -1.98. The summed E-state index contributed by atoms with van der Waals surface area (Å²) in [5.74, 6) is -0.0463. The summed E-state index contributed by atoms with van der Waals surface area (Å²) in [5.41, 5.74) is -0.829. The Bertz CT molecular complexity index is 216. The molecule has 0 aliphatic carbocycles. The van der Waals surface area contributed by atoms with Gasteiger partial charge in [-0.05, 0) is 12.1 Å². The Morgan fingerprint density at radius 2 is 2.30 bits per heavy atom. The lowest BCUT2D eigenvalue weighted by molar-refractivity contribution is 0.100. The van der Waals surface area contributed by atoms with Crippen molar-refractivity contribution in [3.05, 3.63) is 24.2 Å². The minimum absolute atomic E-state index is 0.0463. The van der Waals surface area contributed by atoms with Gasteiger partial charge in [0.05, 0.1) is 6.26 Å². The summed E-state index contributed by atoms with van der Waals surface area (Å²) in [4.78, 5) is 10.6. The lowest BCUT2D eigenvalue weighted by Gasteiger charge is -1.90. The van der Waals surface area contributed by atoms with Crippen molar-refractivity contribution >= 4 is 12.8 Å². The van der Waals surface area contributed by atoms with Crippen LogP contribution in [-0.4, -0.2) is 22.8 Å². The largest absolute Gasteiger partial charge is 0.536 e. The lowest BCUT2D eigenvalue weighted by atomic mass is 9.83. The molecule has 0 spiro atoms. The number of hydrogen-bond acceptors (Lipinski definition) is 4. The quantitative estimate of drug-likeness (QED) is 0.541. The summed E-state index contributed by atoms with van der Waals surface area (Å²) >= 11 is 0. The number of carbonyl (C=O) groups excluding carboxylic acids is 1. The normalized spacial score (nSPS) is 9.40. The van der Waals surface area contributed by atoms with E-state index in [1.165, 1.54) is 18.4 Å². The topological polar surface area (TPSA) is 70.7 Å². The Morgan fingerprint density at radius 1 is 1.60 bits per heavy atom. The molecule has 1 heterocycles. The van der Waals surface area contributed by atoms with Crippen LogP contribution in [0.5, 0.6) is 0 Å². The van der Waals surface area contributed by atoms with Gasteiger partial charge < -0.3 is 14.5 Å². The first-order valence-electron chi connectivity index (χ1n) is 2.65. The highest BCUT2D eigenvalue weighted by atomic mass is 16.4. The highest BCUT2D eigenvalue weighted by Crippen LogP contribution is 2.00. The van der Waals surface area contributed by atoms with Gasteiger partial charge in [0.1, 0.15) is 0 Å². The van der Waals surface area contributed by atoms with Gasteiger partial charge in [-0.15, -0.1) is 0 Å². The van der Waals surface area contributed by atoms with Gasteiger partial charge in [-0.2, -0.15) is 0 Å². The zero-order valence-electron chi connectivity index (χ0n) is 5.02. The van der Waals surface area contributed by atoms with E-state index in [0.717, 1.165) is 0 Å². The summed E-state index contributed by atoms with van der Waals surface area (Å²) < 4.78 is 4.59. The number of furan rings is 1. The monoisotopic (exact) mass is 140 g/mol. The Morgan fingerprint density at radius 3 is 2.70 bits per heavy atom. The summed E-state index contributed by atoms with van der Waals surface area (Å²) in [6.45, 7) is 0. The Labute approximate surface area is 57.2 Å². The van der Waals surface area contributed by atoms with Crippen molar-refractivity contribution in [2.75, 3.05) is 0 Å². The number of rotatable bonds is 2. The van der Waals surface area contributed by atoms with Gasteiger partial charge in [0.2, 0.25) is 5.68 Å². The minimum atomic E-state index is -1.98. The first-order chi connectivity index (χ1) is 4.72. The van der Waals surface area contributed by atoms with Crippen molar-refractivity contribution in [3.8, 4) is 0 Å². The first kappa shape index (κ1) is 7.05. The summed E-state index contributed by atoms with van der Waals surface area (Å²) in [6.07, 6.45) is 1.29. The van der Waals surface area contributed by atoms with E-state index >= 15 is 0 Å². The molecule has 0 aliphatic heterocycles. The maximum absolute atomic E-state index is 10.6. The molecule has 52 valence electrons. The van der Waals surface area contributed by atoms with E-state index in [2.05, 4.69) is 4.42 Å². The van der Waals surface area contributed by atoms with Gasteiger partial charge in [0.25, 0.3) is 0 Å². The highest BCUT2D eigenvalue weighted by molar-refractivity contribution is 6.81. The Balaban J connectivity index is 2.78. The van der Waals surface area contributed by atoms with E-state index in [-0.39, 0.29) is 5.76 Å². The van der Waals surface area contributed by atoms with Crippen LogP contribution >= 0.6 is 0 Å². The van der Waals surface area contributed by atoms with Crippen molar-refractivity contribution in [2.24, 2.45) is 0 Å². The third-order valence-electron chi connectivity index (χ3n) is 0.999. The number of hydrogen-bond donors (Lipinski definition) is 2. The van der Waals surface area contributed by atoms with Crippen molar-refractivity contribution in [3.63, 3.8) is 0 Å². The van der Waals surface area contributed by atoms with Crippen molar-refractivity contribution in [2.45, 2.75) is 0 Å². The summed E-state index contributed by atoms with van der Waals surface area (Å²) in [5, 5.41) is 16.7. The van der Waals surface area contributed by atoms with Gasteiger partial charge in [0, 0.05) is 0 Å². The van der Waals surface area contributed by atoms with Crippen LogP contribution in [0.25, 0.3) is 0 Å². The summed E-state index contributed by atoms with van der Waals surface area (Å²) in [6, 6.07) is 2.86. The van der Waals surface area contributed by atoms with Gasteiger partial charge in [-0.25, -0.2) is 0 Å². The molecule has 0 amide bonds. The Kier molecular flexibility index (Phi) is 1.89. The van der Waals surface area contributed by atoms with Crippen molar-refractivity contribution < 1.29 is 19.3 Å². The van der Waals surface area contributed by atoms with Gasteiger partial charge in [-0.3, -0.25) is 4.79 Å². The Hall–Kier alpha value is -1.07. The predicted molar refractivity (Wildman–Crippen MR) is 33.2 cm³/mol. The predicted octanol–water partition coefficient (Wildman–Crippen LogP) is -0.526. The van der Waals surface area contributed by atoms with Crippen molar-refractivity contribution in [1.29, 1.82) is 0 Å². The smallest absolute Gasteiger partial charge is 0.462 e. The SMILES string of the molecule is O=C(B(O)O)c1ccco1. The molecule has 1 rings (SSSR count). The second-order valence-corrected chi connectivity index (χ2v) is 1.72. The molecule has 1 aromatic heterocycles. The van der Waals surface area contributed by atoms with Gasteiger partial charge in [0.15, 0.2) is 5.76 Å². The van der Waals surface area contributed by atoms with E-state index in [1.807, 2.05) is 0 Å². The molecule has 0 saturated carbocycles. The fourth-order valence-electron chi connectivity index (χ4n) is 0.546. The van der Waals surface area contributed by atoms with Crippen LogP contribution in [-0.2, 0) is 0 Å². The maximum atomic E-state index is 10.6. The van der Waals surface area contributed by atoms with E-state index in [9.17, 15) is 4.79 Å². The molecular weight excluding hydrogens is 135 g/mol. The van der Waals surface area contributed by atoms with E-state index in [0.29, 0.717) is 0 Å². The molecule has 0 aromatic carbocycles. The number of carbonyl (C=O) groups is 1. The van der Waals surface area contributed by atoms with E-state index < -0.39 is 12.8 Å². The molecule has 0 fully saturated rings. The van der Waals surface area contributed by atoms with Crippen molar-refractivity contribution in [1.82, 2.24) is 0 Å². The molecule has 0 radical (unpaired) electrons. The molecule has 0 atom stereocenters. The molecule has 1 aromatic rings. The molecular formula is C5H5BO4. The fourth-order valence-corrected chi connectivity index (χ4v) is 0.546. The van der Waals surface area contributed by atoms with Crippen LogP contribution in [0.2, 0.25) is 0 Å². The lowest BCUT2D eigenvalue weighted by Crippen LogP contribution is -2.24. The zero-order valence-corrected chi connectivity index (χ0v) is 5.02. The van der Waals surface area contributed by atoms with Gasteiger partial charge in [-0.1, -0.05) is 0 Å². The second-order valence-electron chi connectivity index (χ2n) is 1.72. The third-order valence-corrected chi connectivity index (χ3v) is 0.999.